The Morgan fingerprint density at radius 3 is 2.89 bits per heavy atom. The molecule has 2 heterocycles. The molecule has 6 heteroatoms. The van der Waals surface area contributed by atoms with Gasteiger partial charge in [-0.15, -0.1) is 0 Å². The first-order valence-corrected chi connectivity index (χ1v) is 6.69. The third-order valence-electron chi connectivity index (χ3n) is 3.75. The molecule has 0 aromatic rings. The Balaban J connectivity index is 1.72. The maximum Gasteiger partial charge on any atom is 0.321 e. The van der Waals surface area contributed by atoms with Gasteiger partial charge < -0.3 is 10.6 Å². The summed E-state index contributed by atoms with van der Waals surface area (Å²) in [5.74, 6) is 1.22. The molecule has 0 spiro atoms. The van der Waals surface area contributed by atoms with E-state index < -0.39 is 6.03 Å². The van der Waals surface area contributed by atoms with E-state index in [9.17, 15) is 9.59 Å². The summed E-state index contributed by atoms with van der Waals surface area (Å²) >= 11 is 0. The quantitative estimate of drug-likeness (QED) is 0.627. The summed E-state index contributed by atoms with van der Waals surface area (Å²) in [6.07, 6.45) is 1.14. The zero-order chi connectivity index (χ0) is 13.0. The van der Waals surface area contributed by atoms with Crippen LogP contribution < -0.4 is 16.0 Å². The first kappa shape index (κ1) is 13.3. The topological polar surface area (TPSA) is 73.5 Å². The Morgan fingerprint density at radius 1 is 1.33 bits per heavy atom. The fourth-order valence-electron chi connectivity index (χ4n) is 2.83. The van der Waals surface area contributed by atoms with E-state index in [4.69, 9.17) is 0 Å². The second-order valence-electron chi connectivity index (χ2n) is 5.11. The number of imide groups is 1. The van der Waals surface area contributed by atoms with Gasteiger partial charge in [0.2, 0.25) is 5.91 Å². The van der Waals surface area contributed by atoms with Crippen LogP contribution in [0.3, 0.4) is 0 Å². The number of piperidine rings is 1. The number of fused-ring (bicyclic) bond motifs is 1. The molecule has 18 heavy (non-hydrogen) atoms. The summed E-state index contributed by atoms with van der Waals surface area (Å²) in [6.45, 7) is 6.75. The van der Waals surface area contributed by atoms with E-state index in [1.165, 1.54) is 0 Å². The summed E-state index contributed by atoms with van der Waals surface area (Å²) in [5, 5.41) is 8.29. The fraction of sp³-hybridized carbons (Fsp3) is 0.833. The molecule has 0 aromatic carbocycles. The van der Waals surface area contributed by atoms with E-state index in [2.05, 4.69) is 20.9 Å². The van der Waals surface area contributed by atoms with Crippen LogP contribution in [0.15, 0.2) is 0 Å². The van der Waals surface area contributed by atoms with Crippen LogP contribution in [0.25, 0.3) is 0 Å². The monoisotopic (exact) mass is 254 g/mol. The van der Waals surface area contributed by atoms with Crippen LogP contribution in [0, 0.1) is 11.8 Å². The Kier molecular flexibility index (Phi) is 4.54. The molecule has 2 rings (SSSR count). The lowest BCUT2D eigenvalue weighted by atomic mass is 9.89. The van der Waals surface area contributed by atoms with Gasteiger partial charge in [0.05, 0.1) is 6.54 Å². The highest BCUT2D eigenvalue weighted by Gasteiger charge is 2.33. The van der Waals surface area contributed by atoms with E-state index in [-0.39, 0.29) is 5.91 Å². The molecule has 0 radical (unpaired) electrons. The van der Waals surface area contributed by atoms with Crippen molar-refractivity contribution in [2.45, 2.75) is 13.3 Å². The number of amides is 3. The number of likely N-dealkylation sites (tertiary alicyclic amines) is 1. The van der Waals surface area contributed by atoms with Crippen molar-refractivity contribution in [3.63, 3.8) is 0 Å². The normalized spacial score (nSPS) is 27.6. The van der Waals surface area contributed by atoms with Crippen LogP contribution in [-0.2, 0) is 4.79 Å². The van der Waals surface area contributed by atoms with Crippen molar-refractivity contribution in [3.8, 4) is 0 Å². The van der Waals surface area contributed by atoms with Crippen LogP contribution >= 0.6 is 0 Å². The standard InChI is InChI=1S/C12H22N4O2/c1-2-14-12(18)15-11(17)8-16-4-3-9-5-13-6-10(9)7-16/h9-10,13H,2-8H2,1H3,(H2,14,15,17,18). The van der Waals surface area contributed by atoms with E-state index in [0.29, 0.717) is 19.0 Å². The molecular formula is C12H22N4O2. The lowest BCUT2D eigenvalue weighted by molar-refractivity contribution is -0.121. The molecular weight excluding hydrogens is 232 g/mol. The maximum atomic E-state index is 11.7. The zero-order valence-corrected chi connectivity index (χ0v) is 10.9. The van der Waals surface area contributed by atoms with Gasteiger partial charge in [-0.3, -0.25) is 15.0 Å². The molecule has 2 unspecified atom stereocenters. The third kappa shape index (κ3) is 3.43. The molecule has 2 atom stereocenters. The highest BCUT2D eigenvalue weighted by Crippen LogP contribution is 2.25. The third-order valence-corrected chi connectivity index (χ3v) is 3.75. The minimum atomic E-state index is -0.403. The van der Waals surface area contributed by atoms with Crippen molar-refractivity contribution in [1.82, 2.24) is 20.9 Å². The number of hydrogen-bond donors (Lipinski definition) is 3. The summed E-state index contributed by atoms with van der Waals surface area (Å²) in [4.78, 5) is 25.0. The van der Waals surface area contributed by atoms with E-state index in [0.717, 1.165) is 38.5 Å². The first-order valence-electron chi connectivity index (χ1n) is 6.69. The lowest BCUT2D eigenvalue weighted by Gasteiger charge is -2.33. The van der Waals surface area contributed by atoms with Gasteiger partial charge in [0.1, 0.15) is 0 Å². The van der Waals surface area contributed by atoms with Crippen molar-refractivity contribution < 1.29 is 9.59 Å². The molecule has 2 aliphatic heterocycles. The maximum absolute atomic E-state index is 11.7. The van der Waals surface area contributed by atoms with Crippen LogP contribution in [-0.4, -0.2) is 56.1 Å². The second-order valence-corrected chi connectivity index (χ2v) is 5.11. The largest absolute Gasteiger partial charge is 0.338 e. The molecule has 0 aromatic heterocycles. The van der Waals surface area contributed by atoms with Gasteiger partial charge in [-0.1, -0.05) is 0 Å². The van der Waals surface area contributed by atoms with Gasteiger partial charge in [0.15, 0.2) is 0 Å². The Hall–Kier alpha value is -1.14. The van der Waals surface area contributed by atoms with Crippen LogP contribution in [0.4, 0.5) is 4.79 Å². The molecule has 2 saturated heterocycles. The molecule has 0 aliphatic carbocycles. The highest BCUT2D eigenvalue weighted by molar-refractivity contribution is 5.95. The molecule has 2 aliphatic rings. The number of hydrogen-bond acceptors (Lipinski definition) is 4. The summed E-state index contributed by atoms with van der Waals surface area (Å²) in [6, 6.07) is -0.403. The smallest absolute Gasteiger partial charge is 0.321 e. The number of rotatable bonds is 3. The average molecular weight is 254 g/mol. The SMILES string of the molecule is CCNC(=O)NC(=O)CN1CCC2CNCC2C1. The summed E-state index contributed by atoms with van der Waals surface area (Å²) in [7, 11) is 0. The highest BCUT2D eigenvalue weighted by atomic mass is 16.2. The predicted molar refractivity (Wildman–Crippen MR) is 68.1 cm³/mol. The van der Waals surface area contributed by atoms with Gasteiger partial charge in [-0.2, -0.15) is 0 Å². The van der Waals surface area contributed by atoms with Crippen molar-refractivity contribution in [1.29, 1.82) is 0 Å². The molecule has 0 saturated carbocycles. The summed E-state index contributed by atoms with van der Waals surface area (Å²) in [5.41, 5.74) is 0. The molecule has 2 fully saturated rings. The van der Waals surface area contributed by atoms with Crippen LogP contribution in [0.2, 0.25) is 0 Å². The van der Waals surface area contributed by atoms with Crippen molar-refractivity contribution in [2.75, 3.05) is 39.3 Å². The van der Waals surface area contributed by atoms with Gasteiger partial charge in [-0.05, 0) is 44.8 Å². The van der Waals surface area contributed by atoms with Crippen LogP contribution in [0.5, 0.6) is 0 Å². The van der Waals surface area contributed by atoms with E-state index in [1.807, 2.05) is 6.92 Å². The van der Waals surface area contributed by atoms with E-state index >= 15 is 0 Å². The van der Waals surface area contributed by atoms with Gasteiger partial charge >= 0.3 is 6.03 Å². The van der Waals surface area contributed by atoms with Crippen molar-refractivity contribution in [3.05, 3.63) is 0 Å². The molecule has 3 N–H and O–H groups in total. The number of carbonyl (C=O) groups excluding carboxylic acids is 2. The zero-order valence-electron chi connectivity index (χ0n) is 10.9. The van der Waals surface area contributed by atoms with Gasteiger partial charge in [-0.25, -0.2) is 4.79 Å². The Bertz CT molecular complexity index is 321. The predicted octanol–water partition coefficient (Wildman–Crippen LogP) is -0.627. The van der Waals surface area contributed by atoms with Gasteiger partial charge in [0, 0.05) is 13.1 Å². The number of urea groups is 1. The van der Waals surface area contributed by atoms with Crippen LogP contribution in [0.1, 0.15) is 13.3 Å². The summed E-state index contributed by atoms with van der Waals surface area (Å²) < 4.78 is 0. The number of nitrogens with zero attached hydrogens (tertiary/aromatic N) is 1. The Labute approximate surface area is 107 Å². The average Bonchev–Trinajstić information content (AvgIpc) is 2.76. The van der Waals surface area contributed by atoms with Crippen molar-refractivity contribution >= 4 is 11.9 Å². The Morgan fingerprint density at radius 2 is 2.11 bits per heavy atom. The number of carbonyl (C=O) groups is 2. The minimum absolute atomic E-state index is 0.217. The van der Waals surface area contributed by atoms with E-state index in [1.54, 1.807) is 0 Å². The minimum Gasteiger partial charge on any atom is -0.338 e. The van der Waals surface area contributed by atoms with Gasteiger partial charge in [0.25, 0.3) is 0 Å². The fourth-order valence-corrected chi connectivity index (χ4v) is 2.83. The second kappa shape index (κ2) is 6.15. The molecule has 102 valence electrons. The lowest BCUT2D eigenvalue weighted by Crippen LogP contribution is -2.48. The molecule has 6 nitrogen and oxygen atoms in total. The number of nitrogens with one attached hydrogen (secondary N) is 3. The molecule has 0 bridgehead atoms. The van der Waals surface area contributed by atoms with Crippen molar-refractivity contribution in [2.24, 2.45) is 11.8 Å². The molecule has 3 amide bonds. The first-order chi connectivity index (χ1) is 8.69.